The van der Waals surface area contributed by atoms with E-state index >= 15 is 0 Å². The third kappa shape index (κ3) is 7.14. The van der Waals surface area contributed by atoms with Gasteiger partial charge in [0.05, 0.1) is 5.92 Å². The summed E-state index contributed by atoms with van der Waals surface area (Å²) in [5.41, 5.74) is 6.63. The second kappa shape index (κ2) is 11.1. The van der Waals surface area contributed by atoms with Gasteiger partial charge in [0.1, 0.15) is 0 Å². The van der Waals surface area contributed by atoms with Crippen molar-refractivity contribution < 1.29 is 17.1 Å². The maximum atomic E-state index is 3.40. The van der Waals surface area contributed by atoms with Crippen LogP contribution in [0, 0.1) is 75.5 Å². The van der Waals surface area contributed by atoms with E-state index in [1.807, 2.05) is 44.9 Å². The summed E-state index contributed by atoms with van der Waals surface area (Å²) in [5.74, 6) is 7.78. The summed E-state index contributed by atoms with van der Waals surface area (Å²) >= 11 is 0. The van der Waals surface area contributed by atoms with Crippen molar-refractivity contribution in [2.75, 3.05) is 0 Å². The van der Waals surface area contributed by atoms with E-state index in [-0.39, 0.29) is 27.9 Å². The van der Waals surface area contributed by atoms with E-state index in [9.17, 15) is 0 Å². The minimum absolute atomic E-state index is 0. The van der Waals surface area contributed by atoms with Crippen molar-refractivity contribution >= 4 is 0 Å². The van der Waals surface area contributed by atoms with Gasteiger partial charge < -0.3 is 0 Å². The smallest absolute Gasteiger partial charge is 0.0888 e. The molecule has 158 valence electrons. The monoisotopic (exact) mass is 448 g/mol. The number of fused-ring (bicyclic) bond motifs is 1. The molecule has 0 spiro atoms. The molecule has 0 bridgehead atoms. The molecule has 2 fully saturated rings. The normalized spacial score (nSPS) is 16.8. The summed E-state index contributed by atoms with van der Waals surface area (Å²) in [4.78, 5) is 0. The molecule has 0 aliphatic heterocycles. The van der Waals surface area contributed by atoms with Crippen LogP contribution in [-0.4, -0.2) is 0 Å². The first-order valence-electron chi connectivity index (χ1n) is 10.6. The zero-order chi connectivity index (χ0) is 21.8. The van der Waals surface area contributed by atoms with Crippen LogP contribution < -0.4 is 0 Å². The van der Waals surface area contributed by atoms with Gasteiger partial charge in [-0.2, -0.15) is 0 Å². The maximum Gasteiger partial charge on any atom is 2.00 e. The predicted octanol–water partition coefficient (Wildman–Crippen LogP) is 7.16. The molecule has 0 atom stereocenters. The molecular formula is C30H32Fe+2. The van der Waals surface area contributed by atoms with Crippen molar-refractivity contribution in [3.63, 3.8) is 0 Å². The molecule has 0 unspecified atom stereocenters. The Balaban J connectivity index is 0.000000501. The van der Waals surface area contributed by atoms with E-state index in [2.05, 4.69) is 96.6 Å². The van der Waals surface area contributed by atoms with Crippen LogP contribution in [0.5, 0.6) is 0 Å². The van der Waals surface area contributed by atoms with Crippen LogP contribution in [-0.2, 0) is 27.9 Å². The number of hydrogen-bond acceptors (Lipinski definition) is 0. The minimum atomic E-state index is 0. The molecule has 0 nitrogen and oxygen atoms in total. The van der Waals surface area contributed by atoms with Crippen LogP contribution in [0.25, 0.3) is 11.1 Å². The Morgan fingerprint density at radius 3 is 1.58 bits per heavy atom. The molecule has 0 heterocycles. The van der Waals surface area contributed by atoms with Crippen LogP contribution in [0.1, 0.15) is 58.2 Å². The van der Waals surface area contributed by atoms with Gasteiger partial charge in [0.15, 0.2) is 0 Å². The van der Waals surface area contributed by atoms with Crippen LogP contribution in [0.4, 0.5) is 0 Å². The molecule has 4 aliphatic rings. The third-order valence-corrected chi connectivity index (χ3v) is 5.25. The van der Waals surface area contributed by atoms with E-state index in [0.717, 1.165) is 11.5 Å². The molecule has 31 heavy (non-hydrogen) atoms. The summed E-state index contributed by atoms with van der Waals surface area (Å²) in [6, 6.07) is 11.3. The fourth-order valence-corrected chi connectivity index (χ4v) is 3.49. The molecule has 4 rings (SSSR count). The Hall–Kier alpha value is -1.22. The molecule has 1 heteroatoms. The van der Waals surface area contributed by atoms with E-state index < -0.39 is 0 Å². The summed E-state index contributed by atoms with van der Waals surface area (Å²) in [6.07, 6.45) is 18.2. The Bertz CT molecular complexity index is 849. The van der Waals surface area contributed by atoms with Gasteiger partial charge in [-0.05, 0) is 96.9 Å². The van der Waals surface area contributed by atoms with Crippen molar-refractivity contribution in [2.24, 2.45) is 0 Å². The topological polar surface area (TPSA) is 0 Å². The fraction of sp³-hybridized carbons (Fsp3) is 0.267. The number of hydrogen-bond donors (Lipinski definition) is 0. The molecular weight excluding hydrogens is 416 g/mol. The Kier molecular flexibility index (Phi) is 9.30. The van der Waals surface area contributed by atoms with E-state index in [4.69, 9.17) is 0 Å². The molecule has 4 aliphatic carbocycles. The summed E-state index contributed by atoms with van der Waals surface area (Å²) in [7, 11) is 0. The SMILES string of the molecule is CC(C)(C)c1ccc2c(C#C[C]3[CH][CH][CH][CH]3)cc(C(C)(C)C)c-2cc1.[CH]1[CH][CH][CH][CH]1.[Fe+2]. The summed E-state index contributed by atoms with van der Waals surface area (Å²) < 4.78 is 0. The molecule has 0 aromatic heterocycles. The second-order valence-electron chi connectivity index (χ2n) is 9.81. The molecule has 0 amide bonds. The minimum Gasteiger partial charge on any atom is -0.0888 e. The van der Waals surface area contributed by atoms with Crippen molar-refractivity contribution in [2.45, 2.75) is 52.4 Å². The molecule has 10 radical (unpaired) electrons. The zero-order valence-electron chi connectivity index (χ0n) is 19.4. The van der Waals surface area contributed by atoms with Gasteiger partial charge in [-0.15, -0.1) is 0 Å². The molecule has 0 N–H and O–H groups in total. The first-order valence-corrected chi connectivity index (χ1v) is 10.6. The third-order valence-electron chi connectivity index (χ3n) is 5.25. The average molecular weight is 448 g/mol. The predicted molar refractivity (Wildman–Crippen MR) is 129 cm³/mol. The standard InChI is InChI=1S/C25H27.C5H5.Fe/c1-24(2,3)20-13-15-21-19(12-11-18-9-7-8-10-18)17-23(25(4,5)6)22(21)16-14-20;1-2-4-5-3-1;/h7-10,13-17H,1-6H3;1-5H;/q;;+2. The van der Waals surface area contributed by atoms with Gasteiger partial charge in [-0.1, -0.05) is 77.6 Å². The Morgan fingerprint density at radius 2 is 1.10 bits per heavy atom. The Morgan fingerprint density at radius 1 is 0.581 bits per heavy atom. The van der Waals surface area contributed by atoms with Gasteiger partial charge in [-0.25, -0.2) is 0 Å². The van der Waals surface area contributed by atoms with E-state index in [0.29, 0.717) is 0 Å². The van der Waals surface area contributed by atoms with E-state index in [1.165, 1.54) is 22.3 Å². The molecule has 2 saturated carbocycles. The quantitative estimate of drug-likeness (QED) is 0.296. The van der Waals surface area contributed by atoms with Crippen LogP contribution in [0.3, 0.4) is 0 Å². The van der Waals surface area contributed by atoms with Crippen LogP contribution >= 0.6 is 0 Å². The molecule has 0 saturated heterocycles. The van der Waals surface area contributed by atoms with E-state index in [1.54, 1.807) is 0 Å². The number of rotatable bonds is 0. The largest absolute Gasteiger partial charge is 2.00 e. The fourth-order valence-electron chi connectivity index (χ4n) is 3.49. The average Bonchev–Trinajstić information content (AvgIpc) is 3.40. The first kappa shape index (κ1) is 26.0. The Labute approximate surface area is 202 Å². The summed E-state index contributed by atoms with van der Waals surface area (Å²) in [6.45, 7) is 13.6. The second-order valence-corrected chi connectivity index (χ2v) is 9.81. The van der Waals surface area contributed by atoms with Crippen molar-refractivity contribution in [1.29, 1.82) is 0 Å². The van der Waals surface area contributed by atoms with Gasteiger partial charge in [-0.3, -0.25) is 0 Å². The first-order chi connectivity index (χ1) is 14.2. The zero-order valence-corrected chi connectivity index (χ0v) is 20.5. The van der Waals surface area contributed by atoms with Crippen molar-refractivity contribution in [3.05, 3.63) is 111 Å². The van der Waals surface area contributed by atoms with Crippen LogP contribution in [0.2, 0.25) is 0 Å². The van der Waals surface area contributed by atoms with Gasteiger partial charge >= 0.3 is 17.1 Å². The van der Waals surface area contributed by atoms with Crippen LogP contribution in [0.15, 0.2) is 30.3 Å². The summed E-state index contributed by atoms with van der Waals surface area (Å²) in [5, 5.41) is 0. The van der Waals surface area contributed by atoms with Gasteiger partial charge in [0, 0.05) is 5.56 Å². The molecule has 0 aromatic rings. The van der Waals surface area contributed by atoms with Crippen molar-refractivity contribution in [3.8, 4) is 23.0 Å². The van der Waals surface area contributed by atoms with Crippen molar-refractivity contribution in [1.82, 2.24) is 0 Å². The maximum absolute atomic E-state index is 3.40. The van der Waals surface area contributed by atoms with Gasteiger partial charge in [0.2, 0.25) is 0 Å². The van der Waals surface area contributed by atoms with Gasteiger partial charge in [0.25, 0.3) is 0 Å². The molecule has 0 aromatic carbocycles.